The first-order valence-corrected chi connectivity index (χ1v) is 5.40. The van der Waals surface area contributed by atoms with Gasteiger partial charge >= 0.3 is 5.97 Å². The lowest BCUT2D eigenvalue weighted by atomic mass is 10.3. The van der Waals surface area contributed by atoms with Gasteiger partial charge in [0.15, 0.2) is 10.7 Å². The molecule has 0 aliphatic carbocycles. The van der Waals surface area contributed by atoms with Crippen molar-refractivity contribution in [3.8, 4) is 0 Å². The first-order chi connectivity index (χ1) is 8.02. The fourth-order valence-corrected chi connectivity index (χ4v) is 1.30. The molecular formula is C10H10BrNO5. The molecule has 0 radical (unpaired) electrons. The second-order valence-corrected chi connectivity index (χ2v) is 3.84. The van der Waals surface area contributed by atoms with Crippen LogP contribution in [0.4, 0.5) is 0 Å². The number of aliphatic carboxylic acids is 1. The number of carboxylic acid groups (broad SMARTS) is 1. The molecule has 1 atom stereocenters. The Morgan fingerprint density at radius 1 is 1.53 bits per heavy atom. The maximum Gasteiger partial charge on any atom is 0.328 e. The molecule has 0 aliphatic heterocycles. The molecule has 0 fully saturated rings. The molecule has 3 N–H and O–H groups in total. The molecular weight excluding hydrogens is 294 g/mol. The van der Waals surface area contributed by atoms with Crippen molar-refractivity contribution in [3.05, 3.63) is 28.6 Å². The van der Waals surface area contributed by atoms with Crippen LogP contribution >= 0.6 is 15.9 Å². The Kier molecular flexibility index (Phi) is 4.92. The van der Waals surface area contributed by atoms with Crippen LogP contribution in [0.15, 0.2) is 27.3 Å². The van der Waals surface area contributed by atoms with E-state index >= 15 is 0 Å². The lowest BCUT2D eigenvalue weighted by Gasteiger charge is -2.08. The van der Waals surface area contributed by atoms with Crippen LogP contribution in [0.5, 0.6) is 0 Å². The zero-order valence-electron chi connectivity index (χ0n) is 8.59. The highest BCUT2D eigenvalue weighted by Gasteiger charge is 2.17. The fourth-order valence-electron chi connectivity index (χ4n) is 0.981. The van der Waals surface area contributed by atoms with Crippen LogP contribution in [-0.2, 0) is 9.59 Å². The van der Waals surface area contributed by atoms with Gasteiger partial charge in [-0.25, -0.2) is 4.79 Å². The van der Waals surface area contributed by atoms with Gasteiger partial charge in [0.05, 0.1) is 6.61 Å². The Balaban J connectivity index is 2.54. The van der Waals surface area contributed by atoms with Crippen LogP contribution in [0, 0.1) is 0 Å². The van der Waals surface area contributed by atoms with Crippen LogP contribution in [0.2, 0.25) is 0 Å². The minimum Gasteiger partial charge on any atom is -0.480 e. The van der Waals surface area contributed by atoms with Gasteiger partial charge in [0.2, 0.25) is 5.91 Å². The molecule has 0 saturated heterocycles. The molecule has 1 amide bonds. The Bertz CT molecular complexity index is 440. The van der Waals surface area contributed by atoms with Crippen molar-refractivity contribution >= 4 is 33.9 Å². The summed E-state index contributed by atoms with van der Waals surface area (Å²) in [5.41, 5.74) is 0. The topological polar surface area (TPSA) is 99.8 Å². The number of aliphatic hydroxyl groups is 1. The number of nitrogens with one attached hydrogen (secondary N) is 1. The van der Waals surface area contributed by atoms with E-state index in [-0.39, 0.29) is 0 Å². The van der Waals surface area contributed by atoms with Gasteiger partial charge in [0, 0.05) is 6.08 Å². The van der Waals surface area contributed by atoms with E-state index < -0.39 is 24.5 Å². The van der Waals surface area contributed by atoms with Crippen molar-refractivity contribution in [1.29, 1.82) is 0 Å². The van der Waals surface area contributed by atoms with E-state index in [1.54, 1.807) is 12.1 Å². The van der Waals surface area contributed by atoms with E-state index in [4.69, 9.17) is 14.6 Å². The number of amides is 1. The average Bonchev–Trinajstić information content (AvgIpc) is 2.68. The number of aliphatic hydroxyl groups excluding tert-OH is 1. The number of furan rings is 1. The summed E-state index contributed by atoms with van der Waals surface area (Å²) in [5.74, 6) is -1.48. The second-order valence-electron chi connectivity index (χ2n) is 3.06. The van der Waals surface area contributed by atoms with Crippen LogP contribution in [0.25, 0.3) is 6.08 Å². The molecule has 1 heterocycles. The molecule has 0 saturated carbocycles. The van der Waals surface area contributed by atoms with Gasteiger partial charge in [0.1, 0.15) is 5.76 Å². The summed E-state index contributed by atoms with van der Waals surface area (Å²) in [6.45, 7) is -0.665. The summed E-state index contributed by atoms with van der Waals surface area (Å²) in [7, 11) is 0. The predicted octanol–water partition coefficient (Wildman–Crippen LogP) is 0.617. The third-order valence-electron chi connectivity index (χ3n) is 1.79. The summed E-state index contributed by atoms with van der Waals surface area (Å²) in [6, 6.07) is 1.98. The Morgan fingerprint density at radius 2 is 2.24 bits per heavy atom. The second kappa shape index (κ2) is 6.21. The standard InChI is InChI=1S/C10H10BrNO5/c11-8-3-1-6(17-8)2-4-9(14)12-7(5-13)10(15)16/h1-4,7,13H,5H2,(H,12,14)(H,15,16)/b4-2+. The van der Waals surface area contributed by atoms with Crippen molar-refractivity contribution in [2.24, 2.45) is 0 Å². The zero-order valence-corrected chi connectivity index (χ0v) is 10.2. The molecule has 6 nitrogen and oxygen atoms in total. The van der Waals surface area contributed by atoms with Gasteiger partial charge in [-0.2, -0.15) is 0 Å². The molecule has 7 heteroatoms. The number of carboxylic acids is 1. The van der Waals surface area contributed by atoms with Gasteiger partial charge in [0.25, 0.3) is 0 Å². The van der Waals surface area contributed by atoms with Crippen LogP contribution < -0.4 is 5.32 Å². The first kappa shape index (κ1) is 13.5. The molecule has 0 spiro atoms. The zero-order chi connectivity index (χ0) is 12.8. The summed E-state index contributed by atoms with van der Waals surface area (Å²) >= 11 is 3.10. The highest BCUT2D eigenvalue weighted by Crippen LogP contribution is 2.14. The van der Waals surface area contributed by atoms with E-state index in [0.29, 0.717) is 10.4 Å². The fraction of sp³-hybridized carbons (Fsp3) is 0.200. The smallest absolute Gasteiger partial charge is 0.328 e. The summed E-state index contributed by atoms with van der Waals surface area (Å²) in [4.78, 5) is 21.8. The van der Waals surface area contributed by atoms with E-state index in [2.05, 4.69) is 21.2 Å². The third-order valence-corrected chi connectivity index (χ3v) is 2.22. The SMILES string of the molecule is O=C(/C=C/c1ccc(Br)o1)NC(CO)C(=O)O. The third kappa shape index (κ3) is 4.41. The predicted molar refractivity (Wildman–Crippen MR) is 62.1 cm³/mol. The molecule has 0 aliphatic rings. The number of carbonyl (C=O) groups excluding carboxylic acids is 1. The molecule has 0 bridgehead atoms. The Labute approximate surface area is 105 Å². The van der Waals surface area contributed by atoms with E-state index in [0.717, 1.165) is 6.08 Å². The molecule has 1 unspecified atom stereocenters. The molecule has 1 rings (SSSR count). The highest BCUT2D eigenvalue weighted by atomic mass is 79.9. The monoisotopic (exact) mass is 303 g/mol. The number of hydrogen-bond acceptors (Lipinski definition) is 4. The minimum atomic E-state index is -1.31. The van der Waals surface area contributed by atoms with E-state index in [1.165, 1.54) is 6.08 Å². The number of halogens is 1. The van der Waals surface area contributed by atoms with Crippen molar-refractivity contribution in [1.82, 2.24) is 5.32 Å². The van der Waals surface area contributed by atoms with Crippen molar-refractivity contribution in [2.45, 2.75) is 6.04 Å². The summed E-state index contributed by atoms with van der Waals surface area (Å²) in [5, 5.41) is 19.4. The first-order valence-electron chi connectivity index (χ1n) is 4.60. The maximum absolute atomic E-state index is 11.3. The van der Waals surface area contributed by atoms with Crippen molar-refractivity contribution in [2.75, 3.05) is 6.61 Å². The Morgan fingerprint density at radius 3 is 2.71 bits per heavy atom. The van der Waals surface area contributed by atoms with Crippen LogP contribution in [0.3, 0.4) is 0 Å². The minimum absolute atomic E-state index is 0.447. The van der Waals surface area contributed by atoms with Gasteiger partial charge in [-0.05, 0) is 34.1 Å². The summed E-state index contributed by atoms with van der Waals surface area (Å²) in [6.07, 6.45) is 2.51. The molecule has 1 aromatic rings. The number of carbonyl (C=O) groups is 2. The van der Waals surface area contributed by atoms with Crippen LogP contribution in [-0.4, -0.2) is 34.7 Å². The van der Waals surface area contributed by atoms with Crippen LogP contribution in [0.1, 0.15) is 5.76 Å². The van der Waals surface area contributed by atoms with Crippen molar-refractivity contribution < 1.29 is 24.2 Å². The number of hydrogen-bond donors (Lipinski definition) is 3. The Hall–Kier alpha value is -1.60. The largest absolute Gasteiger partial charge is 0.480 e. The average molecular weight is 304 g/mol. The number of rotatable bonds is 5. The van der Waals surface area contributed by atoms with Crippen molar-refractivity contribution in [3.63, 3.8) is 0 Å². The maximum atomic E-state index is 11.3. The lowest BCUT2D eigenvalue weighted by molar-refractivity contribution is -0.142. The summed E-state index contributed by atoms with van der Waals surface area (Å²) < 4.78 is 5.62. The quantitative estimate of drug-likeness (QED) is 0.692. The molecule has 0 aromatic carbocycles. The van der Waals surface area contributed by atoms with Gasteiger partial charge in [-0.3, -0.25) is 4.79 Å². The van der Waals surface area contributed by atoms with Gasteiger partial charge in [-0.15, -0.1) is 0 Å². The normalized spacial score (nSPS) is 12.6. The molecule has 17 heavy (non-hydrogen) atoms. The molecule has 1 aromatic heterocycles. The van der Waals surface area contributed by atoms with Gasteiger partial charge < -0.3 is 19.9 Å². The van der Waals surface area contributed by atoms with E-state index in [1.807, 2.05) is 0 Å². The molecule has 92 valence electrons. The lowest BCUT2D eigenvalue weighted by Crippen LogP contribution is -2.42. The van der Waals surface area contributed by atoms with Gasteiger partial charge in [-0.1, -0.05) is 0 Å². The highest BCUT2D eigenvalue weighted by molar-refractivity contribution is 9.10. The van der Waals surface area contributed by atoms with E-state index in [9.17, 15) is 9.59 Å².